The first-order valence-electron chi connectivity index (χ1n) is 7.51. The summed E-state index contributed by atoms with van der Waals surface area (Å²) in [5.41, 5.74) is 1.80. The lowest BCUT2D eigenvalue weighted by atomic mass is 9.95. The third-order valence-corrected chi connectivity index (χ3v) is 4.66. The molecule has 0 amide bonds. The molecule has 1 heterocycles. The Balaban J connectivity index is 2.15. The first-order chi connectivity index (χ1) is 10.1. The van der Waals surface area contributed by atoms with Crippen LogP contribution in [-0.2, 0) is 11.3 Å². The molecule has 21 heavy (non-hydrogen) atoms. The monoisotopic (exact) mass is 306 g/mol. The van der Waals surface area contributed by atoms with Gasteiger partial charge in [0, 0.05) is 12.5 Å². The molecule has 1 aromatic carbocycles. The van der Waals surface area contributed by atoms with E-state index in [0.29, 0.717) is 5.02 Å². The number of aromatic nitrogens is 2. The molecule has 1 aromatic heterocycles. The van der Waals surface area contributed by atoms with Crippen LogP contribution in [-0.4, -0.2) is 20.6 Å². The van der Waals surface area contributed by atoms with Gasteiger partial charge in [0.05, 0.1) is 22.0 Å². The number of benzene rings is 1. The Hall–Kier alpha value is -1.55. The molecule has 1 fully saturated rings. The molecule has 2 aromatic rings. The normalized spacial score (nSPS) is 22.0. The van der Waals surface area contributed by atoms with E-state index in [-0.39, 0.29) is 11.8 Å². The van der Waals surface area contributed by atoms with Crippen LogP contribution in [0.1, 0.15) is 44.3 Å². The zero-order valence-electron chi connectivity index (χ0n) is 12.1. The van der Waals surface area contributed by atoms with Gasteiger partial charge in [0.25, 0.3) is 0 Å². The lowest BCUT2D eigenvalue weighted by Gasteiger charge is -2.17. The summed E-state index contributed by atoms with van der Waals surface area (Å²) in [4.78, 5) is 16.2. The Morgan fingerprint density at radius 2 is 2.29 bits per heavy atom. The molecule has 2 unspecified atom stereocenters. The molecule has 1 aliphatic carbocycles. The van der Waals surface area contributed by atoms with E-state index in [1.807, 2.05) is 18.2 Å². The number of aliphatic carboxylic acids is 1. The number of aryl methyl sites for hydroxylation is 1. The summed E-state index contributed by atoms with van der Waals surface area (Å²) in [6.07, 6.45) is 3.55. The van der Waals surface area contributed by atoms with E-state index in [9.17, 15) is 9.90 Å². The minimum Gasteiger partial charge on any atom is -0.481 e. The van der Waals surface area contributed by atoms with Crippen LogP contribution in [0, 0.1) is 5.92 Å². The van der Waals surface area contributed by atoms with Crippen molar-refractivity contribution in [3.8, 4) is 0 Å². The van der Waals surface area contributed by atoms with Crippen LogP contribution >= 0.6 is 11.6 Å². The highest BCUT2D eigenvalue weighted by molar-refractivity contribution is 6.35. The highest BCUT2D eigenvalue weighted by Gasteiger charge is 2.37. The topological polar surface area (TPSA) is 55.1 Å². The van der Waals surface area contributed by atoms with Crippen molar-refractivity contribution in [2.45, 2.75) is 45.1 Å². The summed E-state index contributed by atoms with van der Waals surface area (Å²) >= 11 is 6.34. The predicted octanol–water partition coefficient (Wildman–Crippen LogP) is 4.07. The molecule has 1 aliphatic rings. The van der Waals surface area contributed by atoms with Crippen molar-refractivity contribution in [2.24, 2.45) is 5.92 Å². The zero-order valence-corrected chi connectivity index (χ0v) is 12.8. The average Bonchev–Trinajstić information content (AvgIpc) is 3.04. The first-order valence-corrected chi connectivity index (χ1v) is 7.88. The van der Waals surface area contributed by atoms with E-state index in [1.54, 1.807) is 0 Å². The summed E-state index contributed by atoms with van der Waals surface area (Å²) in [6.45, 7) is 2.92. The van der Waals surface area contributed by atoms with Crippen molar-refractivity contribution in [3.63, 3.8) is 0 Å². The van der Waals surface area contributed by atoms with Gasteiger partial charge in [-0.05, 0) is 31.4 Å². The van der Waals surface area contributed by atoms with E-state index >= 15 is 0 Å². The number of carbonyl (C=O) groups is 1. The molecule has 2 atom stereocenters. The van der Waals surface area contributed by atoms with Gasteiger partial charge < -0.3 is 9.67 Å². The van der Waals surface area contributed by atoms with Crippen molar-refractivity contribution >= 4 is 28.6 Å². The first kappa shape index (κ1) is 14.4. The average molecular weight is 307 g/mol. The van der Waals surface area contributed by atoms with E-state index in [1.165, 1.54) is 0 Å². The molecular formula is C16H19ClN2O2. The standard InChI is InChI=1S/C16H19ClN2O2/c1-2-9-19-14-12(17)7-4-8-13(14)18-15(19)10-5-3-6-11(10)16(20)21/h4,7-8,10-11H,2-3,5-6,9H2,1H3,(H,20,21). The number of rotatable bonds is 4. The largest absolute Gasteiger partial charge is 0.481 e. The zero-order chi connectivity index (χ0) is 15.0. The summed E-state index contributed by atoms with van der Waals surface area (Å²) in [7, 11) is 0. The Kier molecular flexibility index (Phi) is 3.89. The second-order valence-corrected chi connectivity index (χ2v) is 6.12. The van der Waals surface area contributed by atoms with E-state index in [2.05, 4.69) is 11.5 Å². The molecule has 0 spiro atoms. The number of carboxylic acid groups (broad SMARTS) is 1. The predicted molar refractivity (Wildman–Crippen MR) is 82.8 cm³/mol. The quantitative estimate of drug-likeness (QED) is 0.926. The van der Waals surface area contributed by atoms with Crippen molar-refractivity contribution in [1.29, 1.82) is 0 Å². The number of halogens is 1. The number of para-hydroxylation sites is 1. The highest BCUT2D eigenvalue weighted by atomic mass is 35.5. The van der Waals surface area contributed by atoms with Crippen molar-refractivity contribution in [3.05, 3.63) is 29.0 Å². The second kappa shape index (κ2) is 5.68. The van der Waals surface area contributed by atoms with E-state index in [4.69, 9.17) is 16.6 Å². The molecule has 3 rings (SSSR count). The molecule has 0 bridgehead atoms. The molecule has 4 nitrogen and oxygen atoms in total. The molecular weight excluding hydrogens is 288 g/mol. The van der Waals surface area contributed by atoms with E-state index < -0.39 is 5.97 Å². The molecule has 5 heteroatoms. The Labute approximate surface area is 128 Å². The fourth-order valence-corrected chi connectivity index (χ4v) is 3.73. The number of imidazole rings is 1. The van der Waals surface area contributed by atoms with Crippen LogP contribution in [0.5, 0.6) is 0 Å². The van der Waals surface area contributed by atoms with E-state index in [0.717, 1.165) is 49.1 Å². The summed E-state index contributed by atoms with van der Waals surface area (Å²) in [5, 5.41) is 10.1. The van der Waals surface area contributed by atoms with Crippen LogP contribution in [0.3, 0.4) is 0 Å². The Morgan fingerprint density at radius 3 is 3.00 bits per heavy atom. The van der Waals surface area contributed by atoms with Gasteiger partial charge in [-0.15, -0.1) is 0 Å². The number of fused-ring (bicyclic) bond motifs is 1. The Bertz CT molecular complexity index is 680. The SMILES string of the molecule is CCCn1c(C2CCCC2C(=O)O)nc2cccc(Cl)c21. The molecule has 112 valence electrons. The maximum atomic E-state index is 11.5. The molecule has 1 saturated carbocycles. The maximum Gasteiger partial charge on any atom is 0.307 e. The Morgan fingerprint density at radius 1 is 1.48 bits per heavy atom. The van der Waals surface area contributed by atoms with Crippen LogP contribution in [0.15, 0.2) is 18.2 Å². The third kappa shape index (κ3) is 2.42. The second-order valence-electron chi connectivity index (χ2n) is 5.71. The van der Waals surface area contributed by atoms with Gasteiger partial charge in [0.1, 0.15) is 5.82 Å². The lowest BCUT2D eigenvalue weighted by molar-refractivity contribution is -0.142. The summed E-state index contributed by atoms with van der Waals surface area (Å²) in [6, 6.07) is 5.70. The van der Waals surface area contributed by atoms with Gasteiger partial charge in [-0.25, -0.2) is 4.98 Å². The molecule has 0 saturated heterocycles. The van der Waals surface area contributed by atoms with Gasteiger partial charge in [0.15, 0.2) is 0 Å². The van der Waals surface area contributed by atoms with Gasteiger partial charge >= 0.3 is 5.97 Å². The molecule has 1 N–H and O–H groups in total. The van der Waals surface area contributed by atoms with Crippen LogP contribution < -0.4 is 0 Å². The van der Waals surface area contributed by atoms with Crippen molar-refractivity contribution in [2.75, 3.05) is 0 Å². The van der Waals surface area contributed by atoms with Crippen LogP contribution in [0.25, 0.3) is 11.0 Å². The van der Waals surface area contributed by atoms with Crippen LogP contribution in [0.2, 0.25) is 5.02 Å². The number of hydrogen-bond acceptors (Lipinski definition) is 2. The minimum absolute atomic E-state index is 0.00230. The van der Waals surface area contributed by atoms with Gasteiger partial charge in [-0.2, -0.15) is 0 Å². The van der Waals surface area contributed by atoms with Crippen molar-refractivity contribution in [1.82, 2.24) is 9.55 Å². The lowest BCUT2D eigenvalue weighted by Crippen LogP contribution is -2.20. The number of nitrogens with zero attached hydrogens (tertiary/aromatic N) is 2. The van der Waals surface area contributed by atoms with Gasteiger partial charge in [-0.1, -0.05) is 31.0 Å². The number of hydrogen-bond donors (Lipinski definition) is 1. The summed E-state index contributed by atoms with van der Waals surface area (Å²) in [5.74, 6) is -0.141. The van der Waals surface area contributed by atoms with Gasteiger partial charge in [-0.3, -0.25) is 4.79 Å². The fraction of sp³-hybridized carbons (Fsp3) is 0.500. The maximum absolute atomic E-state index is 11.5. The minimum atomic E-state index is -0.710. The van der Waals surface area contributed by atoms with Crippen LogP contribution in [0.4, 0.5) is 0 Å². The summed E-state index contributed by atoms with van der Waals surface area (Å²) < 4.78 is 2.13. The smallest absolute Gasteiger partial charge is 0.307 e. The fourth-order valence-electron chi connectivity index (χ4n) is 3.46. The highest BCUT2D eigenvalue weighted by Crippen LogP contribution is 2.41. The van der Waals surface area contributed by atoms with Gasteiger partial charge in [0.2, 0.25) is 0 Å². The third-order valence-electron chi connectivity index (χ3n) is 4.36. The van der Waals surface area contributed by atoms with Crippen molar-refractivity contribution < 1.29 is 9.90 Å². The molecule has 0 aliphatic heterocycles. The number of carboxylic acids is 1. The molecule has 0 radical (unpaired) electrons.